The van der Waals surface area contributed by atoms with Gasteiger partial charge in [-0.1, -0.05) is 35.3 Å². The summed E-state index contributed by atoms with van der Waals surface area (Å²) in [6, 6.07) is 7.13. The van der Waals surface area contributed by atoms with E-state index in [-0.39, 0.29) is 23.1 Å². The lowest BCUT2D eigenvalue weighted by Crippen LogP contribution is -2.02. The Morgan fingerprint density at radius 1 is 1.45 bits per heavy atom. The van der Waals surface area contributed by atoms with Crippen LogP contribution in [-0.2, 0) is 17.9 Å². The number of ether oxygens (including phenoxy) is 1. The molecule has 6 nitrogen and oxygen atoms in total. The standard InChI is InChI=1S/C12H11Cl2N3O3/c1-20-7-10-11(17(18)19)12(14)16(15-10)6-8-3-2-4-9(13)5-8/h2-5H,6-7H2,1H3. The van der Waals surface area contributed by atoms with Crippen molar-refractivity contribution in [2.75, 3.05) is 7.11 Å². The van der Waals surface area contributed by atoms with Gasteiger partial charge in [-0.25, -0.2) is 4.68 Å². The highest BCUT2D eigenvalue weighted by Crippen LogP contribution is 2.29. The second kappa shape index (κ2) is 6.21. The Labute approximate surface area is 125 Å². The van der Waals surface area contributed by atoms with Crippen LogP contribution in [0.1, 0.15) is 11.3 Å². The topological polar surface area (TPSA) is 70.2 Å². The molecule has 0 spiro atoms. The van der Waals surface area contributed by atoms with E-state index in [2.05, 4.69) is 5.10 Å². The van der Waals surface area contributed by atoms with E-state index in [1.165, 1.54) is 11.8 Å². The summed E-state index contributed by atoms with van der Waals surface area (Å²) in [7, 11) is 1.44. The van der Waals surface area contributed by atoms with Gasteiger partial charge in [-0.2, -0.15) is 5.10 Å². The monoisotopic (exact) mass is 315 g/mol. The number of nitrogens with zero attached hydrogens (tertiary/aromatic N) is 3. The summed E-state index contributed by atoms with van der Waals surface area (Å²) in [6.45, 7) is 0.322. The van der Waals surface area contributed by atoms with Crippen LogP contribution in [0.25, 0.3) is 0 Å². The first-order chi connectivity index (χ1) is 9.52. The van der Waals surface area contributed by atoms with Gasteiger partial charge in [0.1, 0.15) is 0 Å². The van der Waals surface area contributed by atoms with Crippen LogP contribution in [0.4, 0.5) is 5.69 Å². The number of methoxy groups -OCH3 is 1. The molecule has 20 heavy (non-hydrogen) atoms. The Kier molecular flexibility index (Phi) is 4.59. The molecule has 0 aliphatic heterocycles. The summed E-state index contributed by atoms with van der Waals surface area (Å²) in [5.74, 6) is 0. The summed E-state index contributed by atoms with van der Waals surface area (Å²) in [5.41, 5.74) is 0.820. The minimum atomic E-state index is -0.557. The van der Waals surface area contributed by atoms with E-state index in [9.17, 15) is 10.1 Å². The van der Waals surface area contributed by atoms with E-state index in [4.69, 9.17) is 27.9 Å². The summed E-state index contributed by atoms with van der Waals surface area (Å²) in [5, 5.41) is 15.7. The molecule has 1 heterocycles. The lowest BCUT2D eigenvalue weighted by Gasteiger charge is -2.03. The molecule has 1 aromatic carbocycles. The Hall–Kier alpha value is -1.63. The van der Waals surface area contributed by atoms with Crippen LogP contribution in [0, 0.1) is 10.1 Å². The molecule has 106 valence electrons. The van der Waals surface area contributed by atoms with Crippen molar-refractivity contribution in [2.24, 2.45) is 0 Å². The Balaban J connectivity index is 2.37. The Morgan fingerprint density at radius 2 is 2.20 bits per heavy atom. The molecule has 0 bridgehead atoms. The van der Waals surface area contributed by atoms with Crippen LogP contribution in [0.15, 0.2) is 24.3 Å². The number of rotatable bonds is 5. The Morgan fingerprint density at radius 3 is 2.80 bits per heavy atom. The van der Waals surface area contributed by atoms with Crippen LogP contribution >= 0.6 is 23.2 Å². The Bertz CT molecular complexity index is 643. The van der Waals surface area contributed by atoms with Gasteiger partial charge in [-0.15, -0.1) is 0 Å². The van der Waals surface area contributed by atoms with Gasteiger partial charge in [0.05, 0.1) is 18.1 Å². The fraction of sp³-hybridized carbons (Fsp3) is 0.250. The minimum absolute atomic E-state index is 0.0259. The van der Waals surface area contributed by atoms with Gasteiger partial charge in [0.25, 0.3) is 0 Å². The van der Waals surface area contributed by atoms with Crippen molar-refractivity contribution in [1.82, 2.24) is 9.78 Å². The third-order valence-electron chi connectivity index (χ3n) is 2.62. The average Bonchev–Trinajstić information content (AvgIpc) is 2.66. The van der Waals surface area contributed by atoms with Crippen molar-refractivity contribution < 1.29 is 9.66 Å². The maximum absolute atomic E-state index is 11.0. The van der Waals surface area contributed by atoms with E-state index >= 15 is 0 Å². The number of halogens is 2. The zero-order valence-corrected chi connectivity index (χ0v) is 12.1. The fourth-order valence-corrected chi connectivity index (χ4v) is 2.29. The largest absolute Gasteiger partial charge is 0.378 e. The summed E-state index contributed by atoms with van der Waals surface area (Å²) < 4.78 is 6.26. The fourth-order valence-electron chi connectivity index (χ4n) is 1.81. The normalized spacial score (nSPS) is 10.8. The van der Waals surface area contributed by atoms with Gasteiger partial charge in [-0.05, 0) is 17.7 Å². The van der Waals surface area contributed by atoms with Gasteiger partial charge in [-0.3, -0.25) is 10.1 Å². The van der Waals surface area contributed by atoms with Crippen molar-refractivity contribution in [2.45, 2.75) is 13.2 Å². The molecule has 0 N–H and O–H groups in total. The lowest BCUT2D eigenvalue weighted by molar-refractivity contribution is -0.385. The lowest BCUT2D eigenvalue weighted by atomic mass is 10.2. The number of benzene rings is 1. The molecule has 0 aliphatic carbocycles. The molecule has 0 saturated heterocycles. The van der Waals surface area contributed by atoms with E-state index in [1.54, 1.807) is 18.2 Å². The van der Waals surface area contributed by atoms with Crippen LogP contribution in [0.2, 0.25) is 10.2 Å². The van der Waals surface area contributed by atoms with E-state index in [0.717, 1.165) is 5.56 Å². The first kappa shape index (κ1) is 14.8. The zero-order chi connectivity index (χ0) is 14.7. The smallest absolute Gasteiger partial charge is 0.331 e. The van der Waals surface area contributed by atoms with Crippen LogP contribution in [0.5, 0.6) is 0 Å². The molecule has 1 aromatic heterocycles. The summed E-state index contributed by atoms with van der Waals surface area (Å²) >= 11 is 11.9. The molecule has 0 aliphatic rings. The van der Waals surface area contributed by atoms with Gasteiger partial charge in [0, 0.05) is 12.1 Å². The van der Waals surface area contributed by atoms with Crippen molar-refractivity contribution in [3.8, 4) is 0 Å². The SMILES string of the molecule is COCc1nn(Cc2cccc(Cl)c2)c(Cl)c1[N+](=O)[O-]. The maximum atomic E-state index is 11.0. The van der Waals surface area contributed by atoms with Crippen LogP contribution < -0.4 is 0 Å². The van der Waals surface area contributed by atoms with Gasteiger partial charge < -0.3 is 4.74 Å². The third kappa shape index (κ3) is 3.09. The average molecular weight is 316 g/mol. The molecule has 0 saturated carbocycles. The number of hydrogen-bond donors (Lipinski definition) is 0. The third-order valence-corrected chi connectivity index (χ3v) is 3.23. The van der Waals surface area contributed by atoms with Gasteiger partial charge >= 0.3 is 5.69 Å². The highest BCUT2D eigenvalue weighted by molar-refractivity contribution is 6.31. The van der Waals surface area contributed by atoms with E-state index in [0.29, 0.717) is 11.6 Å². The molecule has 2 aromatic rings. The first-order valence-corrected chi connectivity index (χ1v) is 6.41. The zero-order valence-electron chi connectivity index (χ0n) is 10.5. The second-order valence-electron chi connectivity index (χ2n) is 4.06. The molecule has 0 fully saturated rings. The number of aromatic nitrogens is 2. The van der Waals surface area contributed by atoms with Crippen LogP contribution in [-0.4, -0.2) is 21.8 Å². The van der Waals surface area contributed by atoms with Gasteiger partial charge in [0.15, 0.2) is 5.69 Å². The molecule has 0 atom stereocenters. The van der Waals surface area contributed by atoms with Crippen molar-refractivity contribution in [3.05, 3.63) is 55.8 Å². The number of hydrogen-bond acceptors (Lipinski definition) is 4. The second-order valence-corrected chi connectivity index (χ2v) is 4.86. The molecule has 0 unspecified atom stereocenters. The molecular formula is C12H11Cl2N3O3. The van der Waals surface area contributed by atoms with Crippen LogP contribution in [0.3, 0.4) is 0 Å². The highest BCUT2D eigenvalue weighted by atomic mass is 35.5. The quantitative estimate of drug-likeness (QED) is 0.627. The predicted molar refractivity (Wildman–Crippen MR) is 75.2 cm³/mol. The van der Waals surface area contributed by atoms with Crippen molar-refractivity contribution in [1.29, 1.82) is 0 Å². The minimum Gasteiger partial charge on any atom is -0.378 e. The molecule has 2 rings (SSSR count). The predicted octanol–water partition coefficient (Wildman–Crippen LogP) is 3.29. The van der Waals surface area contributed by atoms with Crippen molar-refractivity contribution in [3.63, 3.8) is 0 Å². The summed E-state index contributed by atoms with van der Waals surface area (Å²) in [6.07, 6.45) is 0. The molecule has 0 amide bonds. The number of nitro groups is 1. The van der Waals surface area contributed by atoms with Crippen molar-refractivity contribution >= 4 is 28.9 Å². The molecule has 8 heteroatoms. The van der Waals surface area contributed by atoms with E-state index < -0.39 is 4.92 Å². The maximum Gasteiger partial charge on any atom is 0.331 e. The highest BCUT2D eigenvalue weighted by Gasteiger charge is 2.26. The van der Waals surface area contributed by atoms with Gasteiger partial charge in [0.2, 0.25) is 5.15 Å². The summed E-state index contributed by atoms with van der Waals surface area (Å²) in [4.78, 5) is 10.5. The molecular weight excluding hydrogens is 305 g/mol. The van der Waals surface area contributed by atoms with E-state index in [1.807, 2.05) is 6.07 Å². The first-order valence-electron chi connectivity index (χ1n) is 5.66. The molecule has 0 radical (unpaired) electrons.